The van der Waals surface area contributed by atoms with Gasteiger partial charge < -0.3 is 15.8 Å². The van der Waals surface area contributed by atoms with Crippen LogP contribution in [0.4, 0.5) is 0 Å². The molecule has 0 aromatic carbocycles. The molecular weight excluding hydrogens is 264 g/mol. The Kier molecular flexibility index (Phi) is 9.40. The molecule has 0 bridgehead atoms. The maximum Gasteiger partial charge on any atom is 0.221 e. The topological polar surface area (TPSA) is 64.3 Å². The number of hydrogen-bond donors (Lipinski definition) is 2. The lowest BCUT2D eigenvalue weighted by molar-refractivity contribution is -0.121. The van der Waals surface area contributed by atoms with Gasteiger partial charge in [0.25, 0.3) is 0 Å². The van der Waals surface area contributed by atoms with E-state index in [0.717, 1.165) is 26.2 Å². The zero-order valence-corrected chi connectivity index (χ0v) is 13.1. The van der Waals surface area contributed by atoms with Gasteiger partial charge in [-0.15, -0.1) is 12.4 Å². The molecule has 1 atom stereocenters. The summed E-state index contributed by atoms with van der Waals surface area (Å²) in [5, 5.41) is 3.05. The van der Waals surface area contributed by atoms with Crippen LogP contribution >= 0.6 is 12.4 Å². The van der Waals surface area contributed by atoms with Gasteiger partial charge in [-0.3, -0.25) is 4.79 Å². The van der Waals surface area contributed by atoms with Gasteiger partial charge in [0.05, 0.1) is 0 Å². The predicted molar refractivity (Wildman–Crippen MR) is 80.5 cm³/mol. The van der Waals surface area contributed by atoms with E-state index in [1.807, 2.05) is 13.8 Å². The molecule has 0 aromatic heterocycles. The molecule has 1 rings (SSSR count). The summed E-state index contributed by atoms with van der Waals surface area (Å²) in [7, 11) is 0. The molecule has 3 N–H and O–H groups in total. The third kappa shape index (κ3) is 7.14. The van der Waals surface area contributed by atoms with Crippen molar-refractivity contribution >= 4 is 18.3 Å². The van der Waals surface area contributed by atoms with Crippen LogP contribution in [0.3, 0.4) is 0 Å². The highest BCUT2D eigenvalue weighted by molar-refractivity contribution is 5.85. The van der Waals surface area contributed by atoms with Crippen molar-refractivity contribution in [3.8, 4) is 0 Å². The second kappa shape index (κ2) is 9.56. The lowest BCUT2D eigenvalue weighted by Gasteiger charge is -2.29. The number of nitrogens with one attached hydrogen (secondary N) is 1. The minimum absolute atomic E-state index is 0. The zero-order valence-electron chi connectivity index (χ0n) is 12.2. The van der Waals surface area contributed by atoms with Gasteiger partial charge in [-0.1, -0.05) is 12.8 Å². The van der Waals surface area contributed by atoms with Gasteiger partial charge in [-0.2, -0.15) is 0 Å². The molecule has 1 aliphatic rings. The van der Waals surface area contributed by atoms with E-state index in [-0.39, 0.29) is 29.8 Å². The molecule has 1 amide bonds. The lowest BCUT2D eigenvalue weighted by atomic mass is 9.83. The van der Waals surface area contributed by atoms with Crippen molar-refractivity contribution in [1.82, 2.24) is 5.32 Å². The van der Waals surface area contributed by atoms with E-state index >= 15 is 0 Å². The van der Waals surface area contributed by atoms with Crippen molar-refractivity contribution < 1.29 is 9.53 Å². The number of carbonyl (C=O) groups excluding carboxylic acids is 1. The summed E-state index contributed by atoms with van der Waals surface area (Å²) in [5.41, 5.74) is 5.89. The van der Waals surface area contributed by atoms with E-state index in [0.29, 0.717) is 6.42 Å². The fraction of sp³-hybridized carbons (Fsp3) is 0.929. The number of halogens is 1. The van der Waals surface area contributed by atoms with Gasteiger partial charge in [-0.05, 0) is 38.5 Å². The van der Waals surface area contributed by atoms with Gasteiger partial charge in [0.2, 0.25) is 5.91 Å². The molecule has 0 aromatic rings. The van der Waals surface area contributed by atoms with Crippen molar-refractivity contribution in [2.45, 2.75) is 58.4 Å². The molecular formula is C14H29ClN2O2. The number of carbonyl (C=O) groups is 1. The van der Waals surface area contributed by atoms with Crippen LogP contribution in [0.15, 0.2) is 0 Å². The SMILES string of the molecule is CCOCCC1(CNC(=O)CC(C)N)CCCC1.Cl. The molecule has 0 radical (unpaired) electrons. The third-order valence-corrected chi connectivity index (χ3v) is 3.81. The molecule has 114 valence electrons. The number of hydrogen-bond acceptors (Lipinski definition) is 3. The van der Waals surface area contributed by atoms with Crippen LogP contribution in [0.2, 0.25) is 0 Å². The summed E-state index contributed by atoms with van der Waals surface area (Å²) in [4.78, 5) is 11.7. The van der Waals surface area contributed by atoms with Crippen LogP contribution in [0, 0.1) is 5.41 Å². The maximum atomic E-state index is 11.7. The van der Waals surface area contributed by atoms with Crippen molar-refractivity contribution in [3.05, 3.63) is 0 Å². The Labute approximate surface area is 123 Å². The fourth-order valence-corrected chi connectivity index (χ4v) is 2.72. The third-order valence-electron chi connectivity index (χ3n) is 3.81. The molecule has 0 aliphatic heterocycles. The highest BCUT2D eigenvalue weighted by Gasteiger charge is 2.33. The molecule has 0 spiro atoms. The number of nitrogens with two attached hydrogens (primary N) is 1. The Balaban J connectivity index is 0.00000324. The Morgan fingerprint density at radius 2 is 2.05 bits per heavy atom. The Bertz CT molecular complexity index is 254. The highest BCUT2D eigenvalue weighted by Crippen LogP contribution is 2.40. The van der Waals surface area contributed by atoms with Crippen LogP contribution in [-0.2, 0) is 9.53 Å². The molecule has 0 saturated heterocycles. The predicted octanol–water partition coefficient (Wildman–Crippen LogP) is 2.25. The summed E-state index contributed by atoms with van der Waals surface area (Å²) in [5.74, 6) is 0.0766. The van der Waals surface area contributed by atoms with Gasteiger partial charge in [-0.25, -0.2) is 0 Å². The minimum Gasteiger partial charge on any atom is -0.382 e. The molecule has 5 heteroatoms. The number of amides is 1. The Morgan fingerprint density at radius 1 is 1.42 bits per heavy atom. The first-order valence-electron chi connectivity index (χ1n) is 7.18. The van der Waals surface area contributed by atoms with Crippen LogP contribution < -0.4 is 11.1 Å². The summed E-state index contributed by atoms with van der Waals surface area (Å²) < 4.78 is 5.46. The van der Waals surface area contributed by atoms with Crippen LogP contribution in [0.25, 0.3) is 0 Å². The minimum atomic E-state index is -0.0621. The smallest absolute Gasteiger partial charge is 0.221 e. The molecule has 0 heterocycles. The fourth-order valence-electron chi connectivity index (χ4n) is 2.72. The average Bonchev–Trinajstić information content (AvgIpc) is 2.75. The van der Waals surface area contributed by atoms with Crippen LogP contribution in [0.1, 0.15) is 52.4 Å². The van der Waals surface area contributed by atoms with Crippen molar-refractivity contribution in [1.29, 1.82) is 0 Å². The van der Waals surface area contributed by atoms with Gasteiger partial charge in [0, 0.05) is 32.2 Å². The molecule has 19 heavy (non-hydrogen) atoms. The average molecular weight is 293 g/mol. The second-order valence-corrected chi connectivity index (χ2v) is 5.61. The molecule has 1 fully saturated rings. The number of rotatable bonds is 8. The van der Waals surface area contributed by atoms with Crippen molar-refractivity contribution in [2.75, 3.05) is 19.8 Å². The largest absolute Gasteiger partial charge is 0.382 e. The van der Waals surface area contributed by atoms with Crippen LogP contribution in [-0.4, -0.2) is 31.7 Å². The highest BCUT2D eigenvalue weighted by atomic mass is 35.5. The normalized spacial score (nSPS) is 18.7. The summed E-state index contributed by atoms with van der Waals surface area (Å²) in [6.07, 6.45) is 6.43. The van der Waals surface area contributed by atoms with Crippen LogP contribution in [0.5, 0.6) is 0 Å². The van der Waals surface area contributed by atoms with Crippen molar-refractivity contribution in [2.24, 2.45) is 11.1 Å². The molecule has 4 nitrogen and oxygen atoms in total. The molecule has 1 saturated carbocycles. The Morgan fingerprint density at radius 3 is 2.58 bits per heavy atom. The van der Waals surface area contributed by atoms with E-state index in [2.05, 4.69) is 5.32 Å². The van der Waals surface area contributed by atoms with E-state index < -0.39 is 0 Å². The lowest BCUT2D eigenvalue weighted by Crippen LogP contribution is -2.38. The summed E-state index contributed by atoms with van der Waals surface area (Å²) >= 11 is 0. The number of ether oxygens (including phenoxy) is 1. The summed E-state index contributed by atoms with van der Waals surface area (Å²) in [6.45, 7) is 6.24. The van der Waals surface area contributed by atoms with Gasteiger partial charge in [0.15, 0.2) is 0 Å². The standard InChI is InChI=1S/C14H28N2O2.ClH/c1-3-18-9-8-14(6-4-5-7-14)11-16-13(17)10-12(2)15;/h12H,3-11,15H2,1-2H3,(H,16,17);1H. The molecule has 1 aliphatic carbocycles. The first-order valence-corrected chi connectivity index (χ1v) is 7.18. The van der Waals surface area contributed by atoms with Gasteiger partial charge in [0.1, 0.15) is 0 Å². The quantitative estimate of drug-likeness (QED) is 0.675. The van der Waals surface area contributed by atoms with E-state index in [1.165, 1.54) is 25.7 Å². The second-order valence-electron chi connectivity index (χ2n) is 5.61. The zero-order chi connectivity index (χ0) is 13.4. The molecule has 1 unspecified atom stereocenters. The van der Waals surface area contributed by atoms with Gasteiger partial charge >= 0.3 is 0 Å². The monoisotopic (exact) mass is 292 g/mol. The van der Waals surface area contributed by atoms with E-state index in [1.54, 1.807) is 0 Å². The maximum absolute atomic E-state index is 11.7. The first kappa shape index (κ1) is 18.7. The van der Waals surface area contributed by atoms with Crippen molar-refractivity contribution in [3.63, 3.8) is 0 Å². The van der Waals surface area contributed by atoms with E-state index in [9.17, 15) is 4.79 Å². The Hall–Kier alpha value is -0.320. The van der Waals surface area contributed by atoms with E-state index in [4.69, 9.17) is 10.5 Å². The first-order chi connectivity index (χ1) is 8.58. The summed E-state index contributed by atoms with van der Waals surface area (Å²) in [6, 6.07) is -0.0621.